The highest BCUT2D eigenvalue weighted by Gasteiger charge is 2.23. The van der Waals surface area contributed by atoms with Gasteiger partial charge in [-0.3, -0.25) is 4.79 Å². The van der Waals surface area contributed by atoms with Crippen LogP contribution in [0.25, 0.3) is 11.1 Å². The van der Waals surface area contributed by atoms with Gasteiger partial charge in [0.15, 0.2) is 0 Å². The SMILES string of the molecule is COCc1cccc(-c2ccc3c(c2)COCC(=O)N3Cc2cc(F)cc(F)c2)c1. The molecule has 30 heavy (non-hydrogen) atoms. The molecule has 4 nitrogen and oxygen atoms in total. The average Bonchev–Trinajstić information content (AvgIpc) is 2.86. The number of nitrogens with zero attached hydrogens (tertiary/aromatic N) is 1. The van der Waals surface area contributed by atoms with Gasteiger partial charge in [-0.05, 0) is 52.6 Å². The van der Waals surface area contributed by atoms with Gasteiger partial charge >= 0.3 is 0 Å². The van der Waals surface area contributed by atoms with Gasteiger partial charge in [0.1, 0.15) is 18.2 Å². The number of fused-ring (bicyclic) bond motifs is 1. The van der Waals surface area contributed by atoms with Gasteiger partial charge in [0, 0.05) is 24.4 Å². The first-order valence-electron chi connectivity index (χ1n) is 9.58. The standard InChI is InChI=1S/C24H21F2NO3/c1-29-13-16-3-2-4-18(7-16)19-5-6-23-20(10-19)14-30-15-24(28)27(23)12-17-8-21(25)11-22(26)9-17/h2-11H,12-15H2,1H3. The van der Waals surface area contributed by atoms with Gasteiger partial charge < -0.3 is 14.4 Å². The Morgan fingerprint density at radius 1 is 0.933 bits per heavy atom. The zero-order valence-corrected chi connectivity index (χ0v) is 16.5. The van der Waals surface area contributed by atoms with Crippen molar-refractivity contribution in [3.05, 3.63) is 89.0 Å². The number of rotatable bonds is 5. The number of carbonyl (C=O) groups excluding carboxylic acids is 1. The third-order valence-corrected chi connectivity index (χ3v) is 4.99. The summed E-state index contributed by atoms with van der Waals surface area (Å²) in [6, 6.07) is 17.1. The van der Waals surface area contributed by atoms with Crippen molar-refractivity contribution in [3.63, 3.8) is 0 Å². The van der Waals surface area contributed by atoms with E-state index in [4.69, 9.17) is 9.47 Å². The molecule has 0 aliphatic carbocycles. The fourth-order valence-electron chi connectivity index (χ4n) is 3.67. The van der Waals surface area contributed by atoms with E-state index in [9.17, 15) is 13.6 Å². The molecule has 6 heteroatoms. The van der Waals surface area contributed by atoms with Gasteiger partial charge in [0.25, 0.3) is 5.91 Å². The number of carbonyl (C=O) groups is 1. The molecule has 1 aliphatic rings. The van der Waals surface area contributed by atoms with Crippen LogP contribution in [0, 0.1) is 11.6 Å². The van der Waals surface area contributed by atoms with Crippen LogP contribution < -0.4 is 4.90 Å². The summed E-state index contributed by atoms with van der Waals surface area (Å²) in [7, 11) is 1.66. The van der Waals surface area contributed by atoms with Gasteiger partial charge in [-0.1, -0.05) is 24.3 Å². The summed E-state index contributed by atoms with van der Waals surface area (Å²) in [5.41, 5.74) is 4.98. The molecule has 1 aliphatic heterocycles. The van der Waals surface area contributed by atoms with Crippen molar-refractivity contribution < 1.29 is 23.0 Å². The Morgan fingerprint density at radius 2 is 1.70 bits per heavy atom. The minimum Gasteiger partial charge on any atom is -0.380 e. The summed E-state index contributed by atoms with van der Waals surface area (Å²) in [4.78, 5) is 14.1. The first-order chi connectivity index (χ1) is 14.5. The minimum atomic E-state index is -0.671. The summed E-state index contributed by atoms with van der Waals surface area (Å²) in [5, 5.41) is 0. The molecule has 3 aromatic rings. The topological polar surface area (TPSA) is 38.8 Å². The van der Waals surface area contributed by atoms with Crippen LogP contribution in [0.5, 0.6) is 0 Å². The number of anilines is 1. The third kappa shape index (κ3) is 4.40. The Balaban J connectivity index is 1.69. The van der Waals surface area contributed by atoms with Gasteiger partial charge in [0.2, 0.25) is 0 Å². The molecule has 0 saturated heterocycles. The van der Waals surface area contributed by atoms with E-state index >= 15 is 0 Å². The molecule has 0 radical (unpaired) electrons. The van der Waals surface area contributed by atoms with Crippen LogP contribution in [-0.2, 0) is 34.0 Å². The number of hydrogen-bond donors (Lipinski definition) is 0. The molecule has 0 saturated carbocycles. The second-order valence-corrected chi connectivity index (χ2v) is 7.23. The highest BCUT2D eigenvalue weighted by Crippen LogP contribution is 2.31. The predicted octanol–water partition coefficient (Wildman–Crippen LogP) is 4.84. The summed E-state index contributed by atoms with van der Waals surface area (Å²) in [5.74, 6) is -1.60. The molecular weight excluding hydrogens is 388 g/mol. The van der Waals surface area contributed by atoms with Crippen LogP contribution in [0.15, 0.2) is 60.7 Å². The van der Waals surface area contributed by atoms with Crippen molar-refractivity contribution in [1.82, 2.24) is 0 Å². The first kappa shape index (κ1) is 20.2. The largest absolute Gasteiger partial charge is 0.380 e. The van der Waals surface area contributed by atoms with Gasteiger partial charge in [0.05, 0.1) is 19.8 Å². The normalized spacial score (nSPS) is 13.8. The van der Waals surface area contributed by atoms with Crippen molar-refractivity contribution in [3.8, 4) is 11.1 Å². The van der Waals surface area contributed by atoms with Crippen molar-refractivity contribution in [2.45, 2.75) is 19.8 Å². The van der Waals surface area contributed by atoms with E-state index in [-0.39, 0.29) is 25.7 Å². The second-order valence-electron chi connectivity index (χ2n) is 7.23. The molecule has 0 spiro atoms. The lowest BCUT2D eigenvalue weighted by atomic mass is 9.99. The van der Waals surface area contributed by atoms with E-state index < -0.39 is 11.6 Å². The molecule has 1 heterocycles. The van der Waals surface area contributed by atoms with Gasteiger partial charge in [-0.2, -0.15) is 0 Å². The van der Waals surface area contributed by atoms with Gasteiger partial charge in [-0.25, -0.2) is 8.78 Å². The summed E-state index contributed by atoms with van der Waals surface area (Å²) >= 11 is 0. The average molecular weight is 409 g/mol. The molecule has 0 aromatic heterocycles. The monoisotopic (exact) mass is 409 g/mol. The lowest BCUT2D eigenvalue weighted by Crippen LogP contribution is -2.32. The smallest absolute Gasteiger partial charge is 0.253 e. The molecular formula is C24H21F2NO3. The van der Waals surface area contributed by atoms with Crippen LogP contribution in [0.4, 0.5) is 14.5 Å². The molecule has 0 fully saturated rings. The van der Waals surface area contributed by atoms with Crippen molar-refractivity contribution in [1.29, 1.82) is 0 Å². The van der Waals surface area contributed by atoms with Crippen molar-refractivity contribution in [2.75, 3.05) is 18.6 Å². The highest BCUT2D eigenvalue weighted by atomic mass is 19.1. The maximum Gasteiger partial charge on any atom is 0.253 e. The van der Waals surface area contributed by atoms with Crippen LogP contribution in [0.1, 0.15) is 16.7 Å². The van der Waals surface area contributed by atoms with Crippen LogP contribution in [0.3, 0.4) is 0 Å². The quantitative estimate of drug-likeness (QED) is 0.605. The summed E-state index contributed by atoms with van der Waals surface area (Å²) in [6.07, 6.45) is 0. The van der Waals surface area contributed by atoms with Crippen LogP contribution in [-0.4, -0.2) is 19.6 Å². The van der Waals surface area contributed by atoms with Gasteiger partial charge in [-0.15, -0.1) is 0 Å². The molecule has 1 amide bonds. The lowest BCUT2D eigenvalue weighted by Gasteiger charge is -2.23. The highest BCUT2D eigenvalue weighted by molar-refractivity contribution is 5.96. The molecule has 0 unspecified atom stereocenters. The Kier molecular flexibility index (Phi) is 5.88. The molecule has 0 atom stereocenters. The maximum absolute atomic E-state index is 13.6. The Hall–Kier alpha value is -3.09. The second kappa shape index (κ2) is 8.73. The van der Waals surface area contributed by atoms with Crippen LogP contribution >= 0.6 is 0 Å². The Bertz CT molecular complexity index is 1060. The number of halogens is 2. The fourth-order valence-corrected chi connectivity index (χ4v) is 3.67. The molecule has 0 N–H and O–H groups in total. The van der Waals surface area contributed by atoms with E-state index in [2.05, 4.69) is 6.07 Å². The Morgan fingerprint density at radius 3 is 2.47 bits per heavy atom. The number of benzene rings is 3. The maximum atomic E-state index is 13.6. The van der Waals surface area contributed by atoms with Crippen molar-refractivity contribution in [2.24, 2.45) is 0 Å². The molecule has 0 bridgehead atoms. The summed E-state index contributed by atoms with van der Waals surface area (Å²) in [6.45, 7) is 0.771. The van der Waals surface area contributed by atoms with E-state index in [1.54, 1.807) is 7.11 Å². The van der Waals surface area contributed by atoms with Crippen molar-refractivity contribution >= 4 is 11.6 Å². The number of ether oxygens (including phenoxy) is 2. The number of hydrogen-bond acceptors (Lipinski definition) is 3. The third-order valence-electron chi connectivity index (χ3n) is 4.99. The number of amides is 1. The zero-order valence-electron chi connectivity index (χ0n) is 16.5. The van der Waals surface area contributed by atoms with E-state index in [1.165, 1.54) is 17.0 Å². The molecule has 4 rings (SSSR count). The first-order valence-corrected chi connectivity index (χ1v) is 9.58. The lowest BCUT2D eigenvalue weighted by molar-refractivity contribution is -0.123. The van der Waals surface area contributed by atoms with E-state index in [1.807, 2.05) is 36.4 Å². The minimum absolute atomic E-state index is 0.0620. The fraction of sp³-hybridized carbons (Fsp3) is 0.208. The zero-order chi connectivity index (χ0) is 21.1. The summed E-state index contributed by atoms with van der Waals surface area (Å²) < 4.78 is 38.0. The van der Waals surface area contributed by atoms with E-state index in [0.29, 0.717) is 17.9 Å². The predicted molar refractivity (Wildman–Crippen MR) is 110 cm³/mol. The Labute approximate surface area is 173 Å². The van der Waals surface area contributed by atoms with Crippen LogP contribution in [0.2, 0.25) is 0 Å². The van der Waals surface area contributed by atoms with E-state index in [0.717, 1.165) is 28.3 Å². The number of methoxy groups -OCH3 is 1. The molecule has 154 valence electrons. The molecule has 3 aromatic carbocycles.